The molecule has 108 valence electrons. The number of oxime groups is 1. The van der Waals surface area contributed by atoms with E-state index in [1.807, 2.05) is 37.9 Å². The van der Waals surface area contributed by atoms with Gasteiger partial charge in [-0.25, -0.2) is 4.98 Å². The number of imidazole rings is 1. The molecule has 0 aliphatic carbocycles. The van der Waals surface area contributed by atoms with Gasteiger partial charge in [-0.2, -0.15) is 0 Å². The Kier molecular flexibility index (Phi) is 5.35. The van der Waals surface area contributed by atoms with Crippen LogP contribution in [0.15, 0.2) is 17.5 Å². The zero-order valence-electron chi connectivity index (χ0n) is 12.3. The van der Waals surface area contributed by atoms with Crippen molar-refractivity contribution in [3.05, 3.63) is 18.2 Å². The van der Waals surface area contributed by atoms with Crippen molar-refractivity contribution in [1.29, 1.82) is 0 Å². The highest BCUT2D eigenvalue weighted by atomic mass is 16.4. The van der Waals surface area contributed by atoms with E-state index in [1.54, 1.807) is 0 Å². The molecule has 19 heavy (non-hydrogen) atoms. The molecule has 0 saturated heterocycles. The van der Waals surface area contributed by atoms with Gasteiger partial charge < -0.3 is 15.5 Å². The predicted octanol–water partition coefficient (Wildman–Crippen LogP) is 1.40. The van der Waals surface area contributed by atoms with Crippen LogP contribution in [-0.4, -0.2) is 39.1 Å². The van der Waals surface area contributed by atoms with E-state index in [-0.39, 0.29) is 5.41 Å². The van der Waals surface area contributed by atoms with Crippen LogP contribution in [0.3, 0.4) is 0 Å². The number of nitrogens with zero attached hydrogens (tertiary/aromatic N) is 4. The zero-order valence-corrected chi connectivity index (χ0v) is 12.3. The molecule has 0 aromatic carbocycles. The summed E-state index contributed by atoms with van der Waals surface area (Å²) in [5.41, 5.74) is 5.41. The maximum atomic E-state index is 8.72. The van der Waals surface area contributed by atoms with Gasteiger partial charge in [-0.3, -0.25) is 4.90 Å². The minimum Gasteiger partial charge on any atom is -0.409 e. The number of amidine groups is 1. The van der Waals surface area contributed by atoms with Gasteiger partial charge in [-0.1, -0.05) is 19.0 Å². The first-order chi connectivity index (χ1) is 8.86. The van der Waals surface area contributed by atoms with E-state index in [0.29, 0.717) is 5.84 Å². The summed E-state index contributed by atoms with van der Waals surface area (Å²) >= 11 is 0. The highest BCUT2D eigenvalue weighted by molar-refractivity contribution is 5.85. The summed E-state index contributed by atoms with van der Waals surface area (Å²) in [6, 6.07) is 0. The average Bonchev–Trinajstić information content (AvgIpc) is 2.73. The minimum atomic E-state index is -0.265. The van der Waals surface area contributed by atoms with E-state index < -0.39 is 0 Å². The fraction of sp³-hybridized carbons (Fsp3) is 0.692. The summed E-state index contributed by atoms with van der Waals surface area (Å²) in [4.78, 5) is 6.53. The second kappa shape index (κ2) is 6.56. The molecule has 0 aliphatic heterocycles. The summed E-state index contributed by atoms with van der Waals surface area (Å²) in [5, 5.41) is 11.8. The second-order valence-electron chi connectivity index (χ2n) is 5.66. The third kappa shape index (κ3) is 4.55. The van der Waals surface area contributed by atoms with Crippen molar-refractivity contribution in [2.75, 3.05) is 13.6 Å². The fourth-order valence-corrected chi connectivity index (χ4v) is 1.92. The lowest BCUT2D eigenvalue weighted by Gasteiger charge is -2.24. The Labute approximate surface area is 114 Å². The van der Waals surface area contributed by atoms with Gasteiger partial charge in [0.2, 0.25) is 0 Å². The van der Waals surface area contributed by atoms with Crippen LogP contribution in [0.2, 0.25) is 0 Å². The number of nitrogens with two attached hydrogens (primary N) is 1. The molecule has 1 rings (SSSR count). The molecule has 3 N–H and O–H groups in total. The Morgan fingerprint density at radius 1 is 1.58 bits per heavy atom. The van der Waals surface area contributed by atoms with Crippen molar-refractivity contribution in [3.63, 3.8) is 0 Å². The molecule has 6 nitrogen and oxygen atoms in total. The summed E-state index contributed by atoms with van der Waals surface area (Å²) in [6.45, 7) is 5.75. The van der Waals surface area contributed by atoms with Crippen LogP contribution in [0.4, 0.5) is 0 Å². The summed E-state index contributed by atoms with van der Waals surface area (Å²) in [7, 11) is 4.07. The Morgan fingerprint density at radius 2 is 2.26 bits per heavy atom. The number of aromatic nitrogens is 2. The highest BCUT2D eigenvalue weighted by Crippen LogP contribution is 2.22. The smallest absolute Gasteiger partial charge is 0.144 e. The fourth-order valence-electron chi connectivity index (χ4n) is 1.92. The van der Waals surface area contributed by atoms with Crippen LogP contribution >= 0.6 is 0 Å². The molecule has 1 aromatic rings. The summed E-state index contributed by atoms with van der Waals surface area (Å²) in [5.74, 6) is 1.34. The molecule has 0 amide bonds. The Balaban J connectivity index is 2.35. The average molecular weight is 267 g/mol. The number of hydrogen-bond donors (Lipinski definition) is 2. The van der Waals surface area contributed by atoms with Gasteiger partial charge in [0.05, 0.1) is 6.54 Å². The first-order valence-corrected chi connectivity index (χ1v) is 6.49. The third-order valence-corrected chi connectivity index (χ3v) is 3.48. The van der Waals surface area contributed by atoms with Crippen molar-refractivity contribution in [2.45, 2.75) is 33.2 Å². The van der Waals surface area contributed by atoms with E-state index in [0.717, 1.165) is 31.8 Å². The standard InChI is InChI=1S/C13H25N5O/c1-13(2,12(14)16-19)6-5-8-17(3)10-11-15-7-9-18(11)4/h7,9,19H,5-6,8,10H2,1-4H3,(H2,14,16). The molecule has 0 radical (unpaired) electrons. The lowest BCUT2D eigenvalue weighted by atomic mass is 9.86. The summed E-state index contributed by atoms with van der Waals surface area (Å²) in [6.07, 6.45) is 5.63. The maximum absolute atomic E-state index is 8.72. The van der Waals surface area contributed by atoms with E-state index in [2.05, 4.69) is 22.1 Å². The molecule has 0 saturated carbocycles. The second-order valence-corrected chi connectivity index (χ2v) is 5.66. The quantitative estimate of drug-likeness (QED) is 0.339. The van der Waals surface area contributed by atoms with Crippen LogP contribution in [0, 0.1) is 5.41 Å². The van der Waals surface area contributed by atoms with E-state index >= 15 is 0 Å². The predicted molar refractivity (Wildman–Crippen MR) is 76.0 cm³/mol. The molecule has 0 spiro atoms. The van der Waals surface area contributed by atoms with Crippen LogP contribution in [0.1, 0.15) is 32.5 Å². The van der Waals surface area contributed by atoms with Gasteiger partial charge in [-0.05, 0) is 26.4 Å². The largest absolute Gasteiger partial charge is 0.409 e. The normalized spacial score (nSPS) is 13.2. The molecule has 0 aliphatic rings. The maximum Gasteiger partial charge on any atom is 0.144 e. The van der Waals surface area contributed by atoms with Gasteiger partial charge in [0.25, 0.3) is 0 Å². The van der Waals surface area contributed by atoms with Crippen molar-refractivity contribution in [2.24, 2.45) is 23.4 Å². The molecule has 1 aromatic heterocycles. The SMILES string of the molecule is CN(CCCC(C)(C)C(N)=NO)Cc1nccn1C. The molecule has 0 bridgehead atoms. The van der Waals surface area contributed by atoms with Crippen LogP contribution < -0.4 is 5.73 Å². The van der Waals surface area contributed by atoms with Crippen molar-refractivity contribution >= 4 is 5.84 Å². The monoisotopic (exact) mass is 267 g/mol. The lowest BCUT2D eigenvalue weighted by Crippen LogP contribution is -2.33. The number of hydrogen-bond acceptors (Lipinski definition) is 4. The number of aryl methyl sites for hydroxylation is 1. The highest BCUT2D eigenvalue weighted by Gasteiger charge is 2.23. The van der Waals surface area contributed by atoms with Gasteiger partial charge in [0, 0.05) is 24.9 Å². The van der Waals surface area contributed by atoms with Crippen LogP contribution in [0.25, 0.3) is 0 Å². The van der Waals surface area contributed by atoms with Crippen LogP contribution in [0.5, 0.6) is 0 Å². The molecule has 0 atom stereocenters. The molecule has 0 fully saturated rings. The lowest BCUT2D eigenvalue weighted by molar-refractivity contribution is 0.282. The molecular formula is C13H25N5O. The molecule has 1 heterocycles. The zero-order chi connectivity index (χ0) is 14.5. The van der Waals surface area contributed by atoms with Gasteiger partial charge in [-0.15, -0.1) is 0 Å². The molecule has 0 unspecified atom stereocenters. The van der Waals surface area contributed by atoms with Crippen molar-refractivity contribution in [3.8, 4) is 0 Å². The third-order valence-electron chi connectivity index (χ3n) is 3.48. The molecular weight excluding hydrogens is 242 g/mol. The van der Waals surface area contributed by atoms with Crippen molar-refractivity contribution in [1.82, 2.24) is 14.5 Å². The van der Waals surface area contributed by atoms with Gasteiger partial charge in [0.15, 0.2) is 0 Å². The minimum absolute atomic E-state index is 0.265. The first-order valence-electron chi connectivity index (χ1n) is 6.49. The molecule has 6 heteroatoms. The number of rotatable bonds is 7. The van der Waals surface area contributed by atoms with E-state index in [9.17, 15) is 0 Å². The topological polar surface area (TPSA) is 79.7 Å². The summed E-state index contributed by atoms with van der Waals surface area (Å²) < 4.78 is 2.02. The van der Waals surface area contributed by atoms with E-state index in [4.69, 9.17) is 10.9 Å². The Morgan fingerprint density at radius 3 is 2.79 bits per heavy atom. The van der Waals surface area contributed by atoms with Gasteiger partial charge >= 0.3 is 0 Å². The van der Waals surface area contributed by atoms with Gasteiger partial charge in [0.1, 0.15) is 11.7 Å². The Bertz CT molecular complexity index is 424. The van der Waals surface area contributed by atoms with E-state index in [1.165, 1.54) is 0 Å². The van der Waals surface area contributed by atoms with Crippen molar-refractivity contribution < 1.29 is 5.21 Å². The first kappa shape index (κ1) is 15.5. The van der Waals surface area contributed by atoms with Crippen LogP contribution in [-0.2, 0) is 13.6 Å². The Hall–Kier alpha value is -1.56.